The van der Waals surface area contributed by atoms with E-state index < -0.39 is 6.10 Å². The van der Waals surface area contributed by atoms with Gasteiger partial charge in [-0.25, -0.2) is 0 Å². The maximum atomic E-state index is 9.98. The molecule has 2 unspecified atom stereocenters. The zero-order chi connectivity index (χ0) is 11.5. The molecule has 0 bridgehead atoms. The van der Waals surface area contributed by atoms with Gasteiger partial charge in [-0.3, -0.25) is 4.98 Å². The van der Waals surface area contributed by atoms with E-state index in [0.29, 0.717) is 0 Å². The lowest BCUT2D eigenvalue weighted by Gasteiger charge is -2.17. The third-order valence-corrected chi connectivity index (χ3v) is 2.77. The van der Waals surface area contributed by atoms with Crippen LogP contribution in [-0.4, -0.2) is 23.3 Å². The summed E-state index contributed by atoms with van der Waals surface area (Å²) < 4.78 is 5.10. The van der Waals surface area contributed by atoms with Crippen molar-refractivity contribution in [2.75, 3.05) is 7.11 Å². The number of pyridine rings is 1. The van der Waals surface area contributed by atoms with Gasteiger partial charge in [0.1, 0.15) is 6.10 Å². The highest BCUT2D eigenvalue weighted by atomic mass is 16.5. The number of aromatic nitrogens is 1. The largest absolute Gasteiger partial charge is 0.386 e. The van der Waals surface area contributed by atoms with Gasteiger partial charge in [-0.15, -0.1) is 0 Å². The normalized spacial score (nSPS) is 14.9. The number of benzene rings is 1. The molecule has 2 atom stereocenters. The Morgan fingerprint density at radius 3 is 2.81 bits per heavy atom. The van der Waals surface area contributed by atoms with Crippen molar-refractivity contribution in [2.24, 2.45) is 0 Å². The van der Waals surface area contributed by atoms with E-state index >= 15 is 0 Å². The minimum absolute atomic E-state index is 0.233. The highest BCUT2D eigenvalue weighted by Gasteiger charge is 2.16. The number of methoxy groups -OCH3 is 1. The zero-order valence-corrected chi connectivity index (χ0v) is 9.42. The van der Waals surface area contributed by atoms with Gasteiger partial charge in [-0.1, -0.05) is 18.2 Å². The monoisotopic (exact) mass is 217 g/mol. The Balaban J connectivity index is 2.39. The lowest BCUT2D eigenvalue weighted by Crippen LogP contribution is -2.16. The van der Waals surface area contributed by atoms with Crippen LogP contribution in [0, 0.1) is 0 Å². The molecule has 1 heterocycles. The van der Waals surface area contributed by atoms with Gasteiger partial charge in [-0.2, -0.15) is 0 Å². The molecule has 0 spiro atoms. The van der Waals surface area contributed by atoms with Crippen molar-refractivity contribution >= 4 is 10.9 Å². The number of para-hydroxylation sites is 1. The summed E-state index contributed by atoms with van der Waals surface area (Å²) in [5.74, 6) is 0. The summed E-state index contributed by atoms with van der Waals surface area (Å²) >= 11 is 0. The molecule has 0 fully saturated rings. The second-order valence-electron chi connectivity index (χ2n) is 3.85. The highest BCUT2D eigenvalue weighted by Crippen LogP contribution is 2.21. The van der Waals surface area contributed by atoms with Gasteiger partial charge in [0.15, 0.2) is 0 Å². The van der Waals surface area contributed by atoms with Crippen LogP contribution in [0.2, 0.25) is 0 Å². The van der Waals surface area contributed by atoms with Crippen molar-refractivity contribution in [2.45, 2.75) is 19.1 Å². The fraction of sp³-hybridized carbons (Fsp3) is 0.308. The number of aliphatic hydroxyl groups excluding tert-OH is 1. The summed E-state index contributed by atoms with van der Waals surface area (Å²) in [5.41, 5.74) is 1.72. The fourth-order valence-electron chi connectivity index (χ4n) is 1.65. The zero-order valence-electron chi connectivity index (χ0n) is 9.42. The Hall–Kier alpha value is -1.45. The molecule has 0 aliphatic rings. The van der Waals surface area contributed by atoms with Crippen molar-refractivity contribution in [1.29, 1.82) is 0 Å². The van der Waals surface area contributed by atoms with E-state index in [1.54, 1.807) is 13.3 Å². The summed E-state index contributed by atoms with van der Waals surface area (Å²) in [7, 11) is 1.59. The molecule has 2 aromatic rings. The van der Waals surface area contributed by atoms with Gasteiger partial charge in [0, 0.05) is 24.3 Å². The van der Waals surface area contributed by atoms with Crippen LogP contribution < -0.4 is 0 Å². The van der Waals surface area contributed by atoms with E-state index in [1.807, 2.05) is 37.3 Å². The molecule has 0 saturated carbocycles. The quantitative estimate of drug-likeness (QED) is 0.857. The number of hydrogen-bond acceptors (Lipinski definition) is 3. The molecule has 84 valence electrons. The first-order valence-corrected chi connectivity index (χ1v) is 5.28. The number of hydrogen-bond donors (Lipinski definition) is 1. The van der Waals surface area contributed by atoms with Crippen LogP contribution in [0.4, 0.5) is 0 Å². The second-order valence-corrected chi connectivity index (χ2v) is 3.85. The van der Waals surface area contributed by atoms with E-state index in [9.17, 15) is 5.11 Å². The standard InChI is InChI=1S/C13H15NO2/c1-9(16-2)13(15)11-7-10-5-3-4-6-12(10)14-8-11/h3-9,13,15H,1-2H3. The molecule has 16 heavy (non-hydrogen) atoms. The fourth-order valence-corrected chi connectivity index (χ4v) is 1.65. The Labute approximate surface area is 94.7 Å². The average Bonchev–Trinajstić information content (AvgIpc) is 2.36. The van der Waals surface area contributed by atoms with Gasteiger partial charge >= 0.3 is 0 Å². The highest BCUT2D eigenvalue weighted by molar-refractivity contribution is 5.78. The molecular weight excluding hydrogens is 202 g/mol. The summed E-state index contributed by atoms with van der Waals surface area (Å²) in [6.45, 7) is 1.83. The van der Waals surface area contributed by atoms with Crippen LogP contribution in [0.15, 0.2) is 36.5 Å². The Kier molecular flexibility index (Phi) is 3.17. The molecule has 0 aliphatic heterocycles. The summed E-state index contributed by atoms with van der Waals surface area (Å²) in [5, 5.41) is 11.0. The molecular formula is C13H15NO2. The van der Waals surface area contributed by atoms with Gasteiger partial charge in [0.2, 0.25) is 0 Å². The van der Waals surface area contributed by atoms with E-state index in [0.717, 1.165) is 16.5 Å². The minimum Gasteiger partial charge on any atom is -0.386 e. The molecule has 1 aromatic heterocycles. The molecule has 3 heteroatoms. The predicted octanol–water partition coefficient (Wildman–Crippen LogP) is 2.30. The maximum absolute atomic E-state index is 9.98. The topological polar surface area (TPSA) is 42.4 Å². The van der Waals surface area contributed by atoms with E-state index in [1.165, 1.54) is 0 Å². The van der Waals surface area contributed by atoms with Gasteiger partial charge in [0.05, 0.1) is 11.6 Å². The van der Waals surface area contributed by atoms with Crippen molar-refractivity contribution in [3.63, 3.8) is 0 Å². The average molecular weight is 217 g/mol. The third-order valence-electron chi connectivity index (χ3n) is 2.77. The summed E-state index contributed by atoms with van der Waals surface area (Å²) in [6.07, 6.45) is 0.827. The summed E-state index contributed by atoms with van der Waals surface area (Å²) in [4.78, 5) is 4.30. The number of ether oxygens (including phenoxy) is 1. The molecule has 0 aliphatic carbocycles. The van der Waals surface area contributed by atoms with Crippen molar-refractivity contribution in [3.05, 3.63) is 42.1 Å². The smallest absolute Gasteiger partial charge is 0.106 e. The molecule has 0 saturated heterocycles. The van der Waals surface area contributed by atoms with Crippen LogP contribution in [-0.2, 0) is 4.74 Å². The number of nitrogens with zero attached hydrogens (tertiary/aromatic N) is 1. The summed E-state index contributed by atoms with van der Waals surface area (Å²) in [6, 6.07) is 9.78. The van der Waals surface area contributed by atoms with Crippen molar-refractivity contribution < 1.29 is 9.84 Å². The van der Waals surface area contributed by atoms with Gasteiger partial charge in [-0.05, 0) is 19.1 Å². The SMILES string of the molecule is COC(C)C(O)c1cnc2ccccc2c1. The molecule has 1 N–H and O–H groups in total. The van der Waals surface area contributed by atoms with E-state index in [2.05, 4.69) is 4.98 Å². The first kappa shape index (κ1) is 11.0. The van der Waals surface area contributed by atoms with Crippen LogP contribution in [0.1, 0.15) is 18.6 Å². The molecule has 0 radical (unpaired) electrons. The van der Waals surface area contributed by atoms with Crippen LogP contribution in [0.3, 0.4) is 0 Å². The predicted molar refractivity (Wildman–Crippen MR) is 63.2 cm³/mol. The molecule has 2 rings (SSSR count). The minimum atomic E-state index is -0.637. The van der Waals surface area contributed by atoms with E-state index in [-0.39, 0.29) is 6.10 Å². The van der Waals surface area contributed by atoms with Crippen molar-refractivity contribution in [3.8, 4) is 0 Å². The first-order valence-electron chi connectivity index (χ1n) is 5.28. The molecule has 1 aromatic carbocycles. The van der Waals surface area contributed by atoms with Gasteiger partial charge in [0.25, 0.3) is 0 Å². The molecule has 3 nitrogen and oxygen atoms in total. The van der Waals surface area contributed by atoms with Gasteiger partial charge < -0.3 is 9.84 Å². The van der Waals surface area contributed by atoms with Crippen LogP contribution in [0.5, 0.6) is 0 Å². The molecule has 0 amide bonds. The number of fused-ring (bicyclic) bond motifs is 1. The Morgan fingerprint density at radius 1 is 1.31 bits per heavy atom. The van der Waals surface area contributed by atoms with Crippen LogP contribution in [0.25, 0.3) is 10.9 Å². The lowest BCUT2D eigenvalue weighted by atomic mass is 10.1. The lowest BCUT2D eigenvalue weighted by molar-refractivity contribution is -0.00151. The third kappa shape index (κ3) is 2.05. The van der Waals surface area contributed by atoms with E-state index in [4.69, 9.17) is 4.74 Å². The second kappa shape index (κ2) is 4.60. The first-order chi connectivity index (χ1) is 7.72. The van der Waals surface area contributed by atoms with Crippen molar-refractivity contribution in [1.82, 2.24) is 4.98 Å². The van der Waals surface area contributed by atoms with Crippen LogP contribution >= 0.6 is 0 Å². The Morgan fingerprint density at radius 2 is 2.06 bits per heavy atom. The Bertz CT molecular complexity index is 484. The number of aliphatic hydroxyl groups is 1. The maximum Gasteiger partial charge on any atom is 0.106 e. The number of rotatable bonds is 3.